The van der Waals surface area contributed by atoms with Gasteiger partial charge in [0.1, 0.15) is 10.3 Å². The number of rotatable bonds is 9. The lowest BCUT2D eigenvalue weighted by atomic mass is 10.0. The molecular formula is C25H26N4O3S2. The summed E-state index contributed by atoms with van der Waals surface area (Å²) >= 11 is 1.11. The van der Waals surface area contributed by atoms with Crippen molar-refractivity contribution < 1.29 is 13.2 Å². The summed E-state index contributed by atoms with van der Waals surface area (Å²) in [6.07, 6.45) is 1.89. The van der Waals surface area contributed by atoms with Gasteiger partial charge in [0.25, 0.3) is 10.0 Å². The highest BCUT2D eigenvalue weighted by molar-refractivity contribution is 7.91. The van der Waals surface area contributed by atoms with Crippen molar-refractivity contribution in [1.29, 1.82) is 0 Å². The molecule has 2 heterocycles. The summed E-state index contributed by atoms with van der Waals surface area (Å²) in [6, 6.07) is 21.8. The van der Waals surface area contributed by atoms with E-state index in [9.17, 15) is 13.2 Å². The average molecular weight is 495 g/mol. The van der Waals surface area contributed by atoms with Crippen molar-refractivity contribution in [2.75, 3.05) is 0 Å². The highest BCUT2D eigenvalue weighted by Crippen LogP contribution is 2.24. The quantitative estimate of drug-likeness (QED) is 0.364. The zero-order valence-electron chi connectivity index (χ0n) is 18.9. The van der Waals surface area contributed by atoms with Crippen molar-refractivity contribution in [2.45, 2.75) is 30.6 Å². The Labute approximate surface area is 203 Å². The van der Waals surface area contributed by atoms with E-state index in [0.717, 1.165) is 33.8 Å². The molecule has 0 bridgehead atoms. The summed E-state index contributed by atoms with van der Waals surface area (Å²) in [7, 11) is -3.78. The molecular weight excluding hydrogens is 468 g/mol. The molecule has 2 aromatic heterocycles. The lowest BCUT2D eigenvalue weighted by Gasteiger charge is -2.21. The number of hydrogen-bond acceptors (Lipinski definition) is 5. The summed E-state index contributed by atoms with van der Waals surface area (Å²) in [4.78, 5) is 13.1. The van der Waals surface area contributed by atoms with Crippen LogP contribution in [0.2, 0.25) is 0 Å². The molecule has 0 unspecified atom stereocenters. The van der Waals surface area contributed by atoms with Gasteiger partial charge in [0.2, 0.25) is 5.91 Å². The van der Waals surface area contributed by atoms with Crippen LogP contribution in [0.3, 0.4) is 0 Å². The highest BCUT2D eigenvalue weighted by atomic mass is 32.2. The normalized spacial score (nSPS) is 12.6. The summed E-state index contributed by atoms with van der Waals surface area (Å²) in [5.74, 6) is -0.628. The lowest BCUT2D eigenvalue weighted by molar-refractivity contribution is -0.123. The first-order chi connectivity index (χ1) is 16.3. The van der Waals surface area contributed by atoms with E-state index in [4.69, 9.17) is 5.10 Å². The zero-order chi connectivity index (χ0) is 24.1. The van der Waals surface area contributed by atoms with Gasteiger partial charge in [0.15, 0.2) is 0 Å². The molecule has 2 N–H and O–H groups in total. The van der Waals surface area contributed by atoms with Crippen LogP contribution in [0.25, 0.3) is 16.9 Å². The number of nitrogens with zero attached hydrogens (tertiary/aromatic N) is 2. The minimum Gasteiger partial charge on any atom is -0.350 e. The van der Waals surface area contributed by atoms with Crippen LogP contribution in [0.5, 0.6) is 0 Å². The zero-order valence-corrected chi connectivity index (χ0v) is 20.5. The van der Waals surface area contributed by atoms with E-state index in [1.807, 2.05) is 80.7 Å². The van der Waals surface area contributed by atoms with Crippen LogP contribution < -0.4 is 10.0 Å². The number of para-hydroxylation sites is 1. The van der Waals surface area contributed by atoms with Gasteiger partial charge in [-0.15, -0.1) is 11.3 Å². The minimum absolute atomic E-state index is 0.182. The number of benzene rings is 2. The minimum atomic E-state index is -3.78. The van der Waals surface area contributed by atoms with Gasteiger partial charge in [-0.3, -0.25) is 4.79 Å². The lowest BCUT2D eigenvalue weighted by Crippen LogP contribution is -2.49. The topological polar surface area (TPSA) is 93.1 Å². The predicted octanol–water partition coefficient (Wildman–Crippen LogP) is 4.22. The summed E-state index contributed by atoms with van der Waals surface area (Å²) < 4.78 is 29.9. The highest BCUT2D eigenvalue weighted by Gasteiger charge is 2.29. The number of thiophene rings is 1. The molecule has 0 saturated heterocycles. The number of carbonyl (C=O) groups is 1. The number of nitrogens with one attached hydrogen (secondary N) is 2. The van der Waals surface area contributed by atoms with Gasteiger partial charge in [-0.1, -0.05) is 68.4 Å². The first-order valence-electron chi connectivity index (χ1n) is 10.9. The fourth-order valence-electron chi connectivity index (χ4n) is 3.52. The third-order valence-corrected chi connectivity index (χ3v) is 8.14. The van der Waals surface area contributed by atoms with E-state index < -0.39 is 16.1 Å². The molecule has 1 amide bonds. The van der Waals surface area contributed by atoms with E-state index in [-0.39, 0.29) is 22.6 Å². The van der Waals surface area contributed by atoms with Crippen molar-refractivity contribution in [2.24, 2.45) is 5.92 Å². The van der Waals surface area contributed by atoms with Crippen LogP contribution in [0.4, 0.5) is 0 Å². The van der Waals surface area contributed by atoms with Gasteiger partial charge in [0.05, 0.1) is 11.4 Å². The number of aromatic nitrogens is 2. The van der Waals surface area contributed by atoms with Crippen molar-refractivity contribution in [3.63, 3.8) is 0 Å². The standard InChI is InChI=1S/C25H26N4O3S2/c1-18(2)23(28-34(31,32)22-14-9-15-33-22)25(30)26-16-20-17-29(21-12-7-4-8-13-21)27-24(20)19-10-5-3-6-11-19/h3-15,17-18,23,28H,16H2,1-2H3,(H,26,30)/t23-/m0/s1. The fourth-order valence-corrected chi connectivity index (χ4v) is 5.87. The van der Waals surface area contributed by atoms with Crippen LogP contribution in [-0.4, -0.2) is 30.1 Å². The van der Waals surface area contributed by atoms with Crippen LogP contribution in [0.1, 0.15) is 19.4 Å². The molecule has 2 aromatic carbocycles. The Morgan fingerprint density at radius 1 is 1.00 bits per heavy atom. The maximum Gasteiger partial charge on any atom is 0.250 e. The third kappa shape index (κ3) is 5.44. The Balaban J connectivity index is 1.57. The predicted molar refractivity (Wildman–Crippen MR) is 134 cm³/mol. The second kappa shape index (κ2) is 10.3. The molecule has 0 spiro atoms. The molecule has 4 aromatic rings. The largest absolute Gasteiger partial charge is 0.350 e. The molecule has 9 heteroatoms. The maximum absolute atomic E-state index is 13.1. The Morgan fingerprint density at radius 3 is 2.29 bits per heavy atom. The van der Waals surface area contributed by atoms with Crippen LogP contribution >= 0.6 is 11.3 Å². The first kappa shape index (κ1) is 23.9. The fraction of sp³-hybridized carbons (Fsp3) is 0.200. The third-order valence-electron chi connectivity index (χ3n) is 5.30. The van der Waals surface area contributed by atoms with E-state index in [1.165, 1.54) is 6.07 Å². The smallest absolute Gasteiger partial charge is 0.250 e. The van der Waals surface area contributed by atoms with Crippen molar-refractivity contribution >= 4 is 27.3 Å². The summed E-state index contributed by atoms with van der Waals surface area (Å²) in [6.45, 7) is 3.83. The monoisotopic (exact) mass is 494 g/mol. The van der Waals surface area contributed by atoms with Crippen molar-refractivity contribution in [3.05, 3.63) is 89.9 Å². The number of sulfonamides is 1. The number of hydrogen-bond donors (Lipinski definition) is 2. The molecule has 0 saturated carbocycles. The molecule has 0 aliphatic carbocycles. The second-order valence-corrected chi connectivity index (χ2v) is 11.0. The average Bonchev–Trinajstić information content (AvgIpc) is 3.53. The number of carbonyl (C=O) groups excluding carboxylic acids is 1. The molecule has 176 valence electrons. The molecule has 0 aliphatic heterocycles. The molecule has 0 fully saturated rings. The van der Waals surface area contributed by atoms with E-state index in [1.54, 1.807) is 16.1 Å². The number of amides is 1. The van der Waals surface area contributed by atoms with Gasteiger partial charge in [-0.25, -0.2) is 13.1 Å². The van der Waals surface area contributed by atoms with Gasteiger partial charge in [-0.05, 0) is 29.5 Å². The Morgan fingerprint density at radius 2 is 1.68 bits per heavy atom. The van der Waals surface area contributed by atoms with Crippen LogP contribution in [0, 0.1) is 5.92 Å². The van der Waals surface area contributed by atoms with Gasteiger partial charge in [-0.2, -0.15) is 9.82 Å². The van der Waals surface area contributed by atoms with Crippen LogP contribution in [0.15, 0.2) is 88.6 Å². The molecule has 7 nitrogen and oxygen atoms in total. The molecule has 4 rings (SSSR count). The van der Waals surface area contributed by atoms with Gasteiger partial charge < -0.3 is 5.32 Å². The molecule has 1 atom stereocenters. The maximum atomic E-state index is 13.1. The Hall–Kier alpha value is -3.27. The van der Waals surface area contributed by atoms with Crippen molar-refractivity contribution in [3.8, 4) is 16.9 Å². The van der Waals surface area contributed by atoms with Gasteiger partial charge in [0, 0.05) is 23.9 Å². The SMILES string of the molecule is CC(C)[C@H](NS(=O)(=O)c1cccs1)C(=O)NCc1cn(-c2ccccc2)nc1-c1ccccc1. The van der Waals surface area contributed by atoms with E-state index in [0.29, 0.717) is 0 Å². The first-order valence-corrected chi connectivity index (χ1v) is 13.2. The van der Waals surface area contributed by atoms with Gasteiger partial charge >= 0.3 is 0 Å². The Bertz CT molecular complexity index is 1330. The molecule has 0 aliphatic rings. The summed E-state index contributed by atoms with van der Waals surface area (Å²) in [5, 5.41) is 9.35. The molecule has 34 heavy (non-hydrogen) atoms. The van der Waals surface area contributed by atoms with E-state index >= 15 is 0 Å². The second-order valence-electron chi connectivity index (χ2n) is 8.14. The van der Waals surface area contributed by atoms with E-state index in [2.05, 4.69) is 10.0 Å². The Kier molecular flexibility index (Phi) is 7.26. The van der Waals surface area contributed by atoms with Crippen molar-refractivity contribution in [1.82, 2.24) is 19.8 Å². The molecule has 0 radical (unpaired) electrons. The summed E-state index contributed by atoms with van der Waals surface area (Å²) in [5.41, 5.74) is 3.42. The van der Waals surface area contributed by atoms with Crippen LogP contribution in [-0.2, 0) is 21.4 Å².